The number of hydrogen-bond acceptors (Lipinski definition) is 7. The van der Waals surface area contributed by atoms with Gasteiger partial charge in [-0.3, -0.25) is 14.3 Å². The van der Waals surface area contributed by atoms with E-state index < -0.39 is 65.8 Å². The van der Waals surface area contributed by atoms with E-state index in [9.17, 15) is 9.59 Å². The zero-order valence-corrected chi connectivity index (χ0v) is 41.3. The second kappa shape index (κ2) is 16.9. The van der Waals surface area contributed by atoms with Crippen LogP contribution >= 0.6 is 0 Å². The molecule has 0 amide bonds. The van der Waals surface area contributed by atoms with Crippen molar-refractivity contribution >= 4 is 25.0 Å². The van der Waals surface area contributed by atoms with Gasteiger partial charge in [0.2, 0.25) is 0 Å². The number of hydrogen-bond donors (Lipinski definition) is 1. The lowest BCUT2D eigenvalue weighted by Gasteiger charge is -2.48. The number of aromatic amines is 1. The predicted molar refractivity (Wildman–Crippen MR) is 247 cm³/mol. The second-order valence-corrected chi connectivity index (χ2v) is 35.2. The molecule has 4 atom stereocenters. The highest BCUT2D eigenvalue weighted by Gasteiger charge is 2.63. The molecule has 1 fully saturated rings. The van der Waals surface area contributed by atoms with Crippen molar-refractivity contribution < 1.29 is 22.8 Å². The number of H-pyrrole nitrogens is 1. The van der Waals surface area contributed by atoms with Gasteiger partial charge in [0.05, 0.1) is 13.2 Å². The molecule has 0 bridgehead atoms. The Bertz CT molecular complexity index is 2020. The van der Waals surface area contributed by atoms with Crippen molar-refractivity contribution in [2.75, 3.05) is 13.2 Å². The Morgan fingerprint density at radius 3 is 1.44 bits per heavy atom. The Morgan fingerprint density at radius 2 is 1.03 bits per heavy atom. The average Bonchev–Trinajstić information content (AvgIpc) is 3.42. The van der Waals surface area contributed by atoms with Crippen molar-refractivity contribution in [3.8, 4) is 0 Å². The maximum atomic E-state index is 13.9. The molecule has 0 saturated carbocycles. The van der Waals surface area contributed by atoms with Gasteiger partial charge in [-0.2, -0.15) is 0 Å². The van der Waals surface area contributed by atoms with E-state index in [0.29, 0.717) is 0 Å². The first-order valence-electron chi connectivity index (χ1n) is 21.0. The van der Waals surface area contributed by atoms with Gasteiger partial charge in [-0.05, 0) is 71.1 Å². The number of nitrogens with zero attached hydrogens (tertiary/aromatic N) is 1. The summed E-state index contributed by atoms with van der Waals surface area (Å²) in [6, 6.07) is 32.2. The molecule has 0 unspecified atom stereocenters. The molecule has 12 heteroatoms. The Balaban J connectivity index is 1.85. The first kappa shape index (κ1) is 46.8. The largest absolute Gasteiger partial charge is 0.414 e. The summed E-state index contributed by atoms with van der Waals surface area (Å²) in [6.07, 6.45) is -1.02. The van der Waals surface area contributed by atoms with Gasteiger partial charge in [0.15, 0.2) is 31.2 Å². The maximum absolute atomic E-state index is 13.9. The van der Waals surface area contributed by atoms with Crippen LogP contribution in [0.5, 0.6) is 0 Å². The summed E-state index contributed by atoms with van der Waals surface area (Å²) in [4.78, 5) is 28.9. The SMILES string of the molecule is CC(C)(C)[Si](C)(C)OC[C@@]1(COC(c2ccccc2)(c2ccccc2)c2ccccc2)O[C@@H](n2ccc(=O)[nH]c2=O)[C@H](O[Si](C)(C)C(C)(C)C)[C@@H]1O[Si](C)(C)C(C)(C)C. The van der Waals surface area contributed by atoms with E-state index >= 15 is 0 Å². The van der Waals surface area contributed by atoms with Crippen molar-refractivity contribution in [2.45, 2.75) is 146 Å². The molecule has 2 heterocycles. The molecule has 0 aliphatic carbocycles. The summed E-state index contributed by atoms with van der Waals surface area (Å²) >= 11 is 0. The first-order chi connectivity index (χ1) is 27.2. The number of ether oxygens (including phenoxy) is 2. The third-order valence-electron chi connectivity index (χ3n) is 13.6. The fourth-order valence-corrected chi connectivity index (χ4v) is 10.4. The van der Waals surface area contributed by atoms with Crippen LogP contribution in [-0.2, 0) is 28.4 Å². The summed E-state index contributed by atoms with van der Waals surface area (Å²) in [7, 11) is -7.71. The van der Waals surface area contributed by atoms with E-state index in [1.165, 1.54) is 16.8 Å². The van der Waals surface area contributed by atoms with Crippen molar-refractivity contribution in [2.24, 2.45) is 0 Å². The monoisotopic (exact) mass is 858 g/mol. The fourth-order valence-electron chi connectivity index (χ4n) is 6.76. The van der Waals surface area contributed by atoms with Crippen LogP contribution in [0.25, 0.3) is 0 Å². The Morgan fingerprint density at radius 1 is 0.610 bits per heavy atom. The van der Waals surface area contributed by atoms with Crippen LogP contribution in [-0.4, -0.2) is 65.5 Å². The summed E-state index contributed by atoms with van der Waals surface area (Å²) in [5, 5.41) is -0.523. The van der Waals surface area contributed by atoms with Gasteiger partial charge in [0, 0.05) is 12.3 Å². The predicted octanol–water partition coefficient (Wildman–Crippen LogP) is 10.6. The van der Waals surface area contributed by atoms with Gasteiger partial charge in [0.1, 0.15) is 23.4 Å². The van der Waals surface area contributed by atoms with Crippen LogP contribution in [0.15, 0.2) is 113 Å². The summed E-state index contributed by atoms with van der Waals surface area (Å²) in [5.41, 5.74) is -0.662. The molecule has 1 N–H and O–H groups in total. The van der Waals surface area contributed by atoms with Crippen LogP contribution < -0.4 is 11.2 Å². The molecule has 1 aliphatic heterocycles. The second-order valence-electron chi connectivity index (χ2n) is 20.8. The lowest BCUT2D eigenvalue weighted by Crippen LogP contribution is -2.61. The minimum Gasteiger partial charge on any atom is -0.414 e. The first-order valence-corrected chi connectivity index (χ1v) is 29.7. The van der Waals surface area contributed by atoms with Crippen molar-refractivity contribution in [1.82, 2.24) is 9.55 Å². The van der Waals surface area contributed by atoms with Crippen molar-refractivity contribution in [3.05, 3.63) is 141 Å². The third kappa shape index (κ3) is 9.65. The minimum absolute atomic E-state index is 0.00552. The highest BCUT2D eigenvalue weighted by atomic mass is 28.4. The van der Waals surface area contributed by atoms with Crippen LogP contribution in [0.1, 0.15) is 85.2 Å². The van der Waals surface area contributed by atoms with Gasteiger partial charge >= 0.3 is 5.69 Å². The normalized spacial score (nSPS) is 21.2. The van der Waals surface area contributed by atoms with Crippen LogP contribution in [0.2, 0.25) is 54.4 Å². The van der Waals surface area contributed by atoms with Gasteiger partial charge in [-0.25, -0.2) is 4.79 Å². The van der Waals surface area contributed by atoms with E-state index in [0.717, 1.165) is 16.7 Å². The molecule has 5 rings (SSSR count). The quantitative estimate of drug-likeness (QED) is 0.0995. The zero-order valence-electron chi connectivity index (χ0n) is 38.3. The molecule has 3 aromatic carbocycles. The molecule has 59 heavy (non-hydrogen) atoms. The molecule has 322 valence electrons. The lowest BCUT2D eigenvalue weighted by molar-refractivity contribution is -0.174. The number of benzene rings is 3. The fraction of sp³-hybridized carbons (Fsp3) is 0.532. The van der Waals surface area contributed by atoms with E-state index in [2.05, 4.69) is 143 Å². The molecular formula is C47H70N2O7Si3. The Labute approximate surface area is 356 Å². The van der Waals surface area contributed by atoms with Gasteiger partial charge in [0.25, 0.3) is 5.56 Å². The molecule has 0 spiro atoms. The van der Waals surface area contributed by atoms with E-state index in [4.69, 9.17) is 22.8 Å². The smallest absolute Gasteiger partial charge is 0.330 e. The van der Waals surface area contributed by atoms with Crippen LogP contribution in [0.3, 0.4) is 0 Å². The van der Waals surface area contributed by atoms with Crippen LogP contribution in [0.4, 0.5) is 0 Å². The standard InChI is InChI=1S/C47H70N2O7Si3/c1-43(2,3)57(10,11)53-34-46(33-52-47(35-25-19-16-20-26-35,36-27-21-17-22-28-36)37-29-23-18-24-30-37)40(56-59(14,15)45(7,8)9)39(55-58(12,13)44(4,5)6)41(54-46)49-32-31-38(50)48-42(49)51/h16-32,39-41H,33-34H2,1-15H3,(H,48,50,51)/t39-,40+,41-,46-/m1/s1. The van der Waals surface area contributed by atoms with Crippen LogP contribution in [0, 0.1) is 0 Å². The zero-order chi connectivity index (χ0) is 43.9. The van der Waals surface area contributed by atoms with E-state index in [-0.39, 0.29) is 28.3 Å². The van der Waals surface area contributed by atoms with E-state index in [1.807, 2.05) is 54.6 Å². The van der Waals surface area contributed by atoms with Crippen molar-refractivity contribution in [3.63, 3.8) is 0 Å². The average molecular weight is 859 g/mol. The molecular weight excluding hydrogens is 789 g/mol. The van der Waals surface area contributed by atoms with Gasteiger partial charge in [-0.15, -0.1) is 0 Å². The number of rotatable bonds is 14. The Hall–Kier alpha value is -3.21. The number of aromatic nitrogens is 2. The molecule has 1 aliphatic rings. The molecule has 9 nitrogen and oxygen atoms in total. The summed E-state index contributed by atoms with van der Waals surface area (Å²) < 4.78 is 39.1. The lowest BCUT2D eigenvalue weighted by atomic mass is 9.80. The maximum Gasteiger partial charge on any atom is 0.330 e. The minimum atomic E-state index is -2.64. The van der Waals surface area contributed by atoms with Gasteiger partial charge < -0.3 is 22.8 Å². The third-order valence-corrected chi connectivity index (χ3v) is 27.0. The molecule has 0 radical (unpaired) electrons. The summed E-state index contributed by atoms with van der Waals surface area (Å²) in [5.74, 6) is 0. The summed E-state index contributed by atoms with van der Waals surface area (Å²) in [6.45, 7) is 33.4. The van der Waals surface area contributed by atoms with Gasteiger partial charge in [-0.1, -0.05) is 153 Å². The topological polar surface area (TPSA) is 101 Å². The molecule has 4 aromatic rings. The highest BCUT2D eigenvalue weighted by molar-refractivity contribution is 6.75. The highest BCUT2D eigenvalue weighted by Crippen LogP contribution is 2.51. The molecule has 1 aromatic heterocycles. The molecule has 1 saturated heterocycles. The van der Waals surface area contributed by atoms with Crippen molar-refractivity contribution in [1.29, 1.82) is 0 Å². The Kier molecular flexibility index (Phi) is 13.4. The van der Waals surface area contributed by atoms with E-state index in [1.54, 1.807) is 0 Å². The number of nitrogens with one attached hydrogen (secondary N) is 1.